The average molecular weight is 343 g/mol. The number of amides is 2. The number of nitrogens with zero attached hydrogens (tertiary/aromatic N) is 1. The number of rotatable bonds is 4. The number of halogens is 5. The summed E-state index contributed by atoms with van der Waals surface area (Å²) in [6, 6.07) is 1.45. The molecule has 0 aromatic heterocycles. The first kappa shape index (κ1) is 18.0. The molecule has 1 aromatic rings. The van der Waals surface area contributed by atoms with Gasteiger partial charge in [0, 0.05) is 7.05 Å². The number of hydrogen-bond acceptors (Lipinski definition) is 3. The summed E-state index contributed by atoms with van der Waals surface area (Å²) in [5, 5.41) is 11.1. The highest BCUT2D eigenvalue weighted by molar-refractivity contribution is 6.32. The van der Waals surface area contributed by atoms with Crippen molar-refractivity contribution >= 4 is 23.4 Å². The van der Waals surface area contributed by atoms with Crippen LogP contribution in [0.5, 0.6) is 5.75 Å². The van der Waals surface area contributed by atoms with Crippen LogP contribution in [0.25, 0.3) is 0 Å². The van der Waals surface area contributed by atoms with Gasteiger partial charge in [-0.25, -0.2) is 4.39 Å². The van der Waals surface area contributed by atoms with Gasteiger partial charge in [-0.1, -0.05) is 11.6 Å². The van der Waals surface area contributed by atoms with E-state index in [0.717, 1.165) is 13.1 Å². The second kappa shape index (κ2) is 6.82. The Kier molecular flexibility index (Phi) is 5.59. The highest BCUT2D eigenvalue weighted by atomic mass is 35.5. The number of phenolic OH excluding ortho intramolecular Hbond substituents is 1. The van der Waals surface area contributed by atoms with Crippen molar-refractivity contribution in [1.29, 1.82) is 0 Å². The summed E-state index contributed by atoms with van der Waals surface area (Å²) >= 11 is 5.48. The molecular formula is C12H11ClF4N2O3. The fraction of sp³-hybridized carbons (Fsp3) is 0.333. The standard InChI is InChI=1S/C12H11ClF4N2O3/c1-19(5-12(15,16)17)9(20)4-18-11(22)7-2-6(14)3-8(13)10(7)21/h2-3,21H,4-5H2,1H3,(H,18,22). The van der Waals surface area contributed by atoms with Crippen LogP contribution in [-0.2, 0) is 4.79 Å². The van der Waals surface area contributed by atoms with Crippen LogP contribution in [-0.4, -0.2) is 48.1 Å². The molecule has 1 aromatic carbocycles. The molecule has 5 nitrogen and oxygen atoms in total. The van der Waals surface area contributed by atoms with Gasteiger partial charge in [-0.05, 0) is 12.1 Å². The van der Waals surface area contributed by atoms with Gasteiger partial charge < -0.3 is 15.3 Å². The molecule has 0 radical (unpaired) electrons. The number of alkyl halides is 3. The predicted molar refractivity (Wildman–Crippen MR) is 69.1 cm³/mol. The van der Waals surface area contributed by atoms with Gasteiger partial charge in [0.2, 0.25) is 5.91 Å². The van der Waals surface area contributed by atoms with Gasteiger partial charge in [0.15, 0.2) is 0 Å². The number of carbonyl (C=O) groups excluding carboxylic acids is 2. The van der Waals surface area contributed by atoms with Crippen LogP contribution in [0.2, 0.25) is 5.02 Å². The van der Waals surface area contributed by atoms with Crippen LogP contribution in [0.4, 0.5) is 17.6 Å². The molecule has 2 N–H and O–H groups in total. The molecule has 10 heteroatoms. The van der Waals surface area contributed by atoms with Crippen molar-refractivity contribution in [3.8, 4) is 5.75 Å². The summed E-state index contributed by atoms with van der Waals surface area (Å²) < 4.78 is 49.4. The number of nitrogens with one attached hydrogen (secondary N) is 1. The van der Waals surface area contributed by atoms with E-state index in [-0.39, 0.29) is 0 Å². The normalized spacial score (nSPS) is 11.2. The van der Waals surface area contributed by atoms with Crippen LogP contribution in [0, 0.1) is 5.82 Å². The van der Waals surface area contributed by atoms with E-state index in [2.05, 4.69) is 0 Å². The van der Waals surface area contributed by atoms with Crippen molar-refractivity contribution < 1.29 is 32.3 Å². The lowest BCUT2D eigenvalue weighted by molar-refractivity contribution is -0.157. The molecule has 0 aliphatic heterocycles. The van der Waals surface area contributed by atoms with E-state index in [1.54, 1.807) is 0 Å². The zero-order valence-corrected chi connectivity index (χ0v) is 11.9. The molecule has 122 valence electrons. The molecule has 0 atom stereocenters. The van der Waals surface area contributed by atoms with Gasteiger partial charge in [-0.3, -0.25) is 9.59 Å². The van der Waals surface area contributed by atoms with E-state index in [0.29, 0.717) is 11.0 Å². The van der Waals surface area contributed by atoms with Gasteiger partial charge in [0.1, 0.15) is 18.1 Å². The first-order chi connectivity index (χ1) is 10.0. The van der Waals surface area contributed by atoms with E-state index in [1.807, 2.05) is 5.32 Å². The molecule has 0 spiro atoms. The molecule has 0 saturated carbocycles. The molecule has 0 aliphatic rings. The maximum atomic E-state index is 13.1. The quantitative estimate of drug-likeness (QED) is 0.822. The molecule has 0 aliphatic carbocycles. The highest BCUT2D eigenvalue weighted by Crippen LogP contribution is 2.28. The van der Waals surface area contributed by atoms with E-state index in [4.69, 9.17) is 11.6 Å². The summed E-state index contributed by atoms with van der Waals surface area (Å²) in [6.45, 7) is -2.22. The van der Waals surface area contributed by atoms with Crippen molar-refractivity contribution in [2.75, 3.05) is 20.1 Å². The van der Waals surface area contributed by atoms with Crippen molar-refractivity contribution in [1.82, 2.24) is 10.2 Å². The molecule has 0 fully saturated rings. The van der Waals surface area contributed by atoms with Crippen LogP contribution >= 0.6 is 11.6 Å². The van der Waals surface area contributed by atoms with E-state index in [9.17, 15) is 32.3 Å². The van der Waals surface area contributed by atoms with Gasteiger partial charge >= 0.3 is 6.18 Å². The third-order valence-electron chi connectivity index (χ3n) is 2.52. The molecule has 0 saturated heterocycles. The monoisotopic (exact) mass is 342 g/mol. The number of likely N-dealkylation sites (N-methyl/N-ethyl adjacent to an activating group) is 1. The summed E-state index contributed by atoms with van der Waals surface area (Å²) in [4.78, 5) is 23.5. The van der Waals surface area contributed by atoms with Gasteiger partial charge in [0.25, 0.3) is 5.91 Å². The first-order valence-electron chi connectivity index (χ1n) is 5.78. The third kappa shape index (κ3) is 5.06. The molecule has 1 rings (SSSR count). The van der Waals surface area contributed by atoms with E-state index >= 15 is 0 Å². The summed E-state index contributed by atoms with van der Waals surface area (Å²) in [5.41, 5.74) is -0.531. The van der Waals surface area contributed by atoms with Gasteiger partial charge in [-0.2, -0.15) is 13.2 Å². The second-order valence-electron chi connectivity index (χ2n) is 4.33. The lowest BCUT2D eigenvalue weighted by Crippen LogP contribution is -2.42. The second-order valence-corrected chi connectivity index (χ2v) is 4.74. The van der Waals surface area contributed by atoms with Crippen molar-refractivity contribution in [2.24, 2.45) is 0 Å². The third-order valence-corrected chi connectivity index (χ3v) is 2.80. The van der Waals surface area contributed by atoms with Gasteiger partial charge in [0.05, 0.1) is 17.1 Å². The fourth-order valence-electron chi connectivity index (χ4n) is 1.48. The summed E-state index contributed by atoms with van der Waals surface area (Å²) in [5.74, 6) is -3.65. The highest BCUT2D eigenvalue weighted by Gasteiger charge is 2.31. The van der Waals surface area contributed by atoms with Crippen LogP contribution < -0.4 is 5.32 Å². The first-order valence-corrected chi connectivity index (χ1v) is 6.16. The Morgan fingerprint density at radius 3 is 2.50 bits per heavy atom. The minimum absolute atomic E-state index is 0.374. The topological polar surface area (TPSA) is 69.6 Å². The molecule has 2 amide bonds. The van der Waals surface area contributed by atoms with Crippen molar-refractivity contribution in [2.45, 2.75) is 6.18 Å². The number of phenols is 1. The number of carbonyl (C=O) groups is 2. The largest absolute Gasteiger partial charge is 0.506 e. The zero-order valence-electron chi connectivity index (χ0n) is 11.2. The van der Waals surface area contributed by atoms with Crippen LogP contribution in [0.3, 0.4) is 0 Å². The minimum Gasteiger partial charge on any atom is -0.506 e. The molecule has 0 unspecified atom stereocenters. The van der Waals surface area contributed by atoms with Crippen LogP contribution in [0.1, 0.15) is 10.4 Å². The smallest absolute Gasteiger partial charge is 0.406 e. The molecule has 0 heterocycles. The lowest BCUT2D eigenvalue weighted by atomic mass is 10.2. The Bertz CT molecular complexity index is 592. The minimum atomic E-state index is -4.57. The van der Waals surface area contributed by atoms with Crippen molar-refractivity contribution in [3.63, 3.8) is 0 Å². The van der Waals surface area contributed by atoms with E-state index < -0.39 is 53.2 Å². The average Bonchev–Trinajstić information content (AvgIpc) is 2.37. The Labute approximate surface area is 127 Å². The lowest BCUT2D eigenvalue weighted by Gasteiger charge is -2.19. The number of hydrogen-bond donors (Lipinski definition) is 2. The summed E-state index contributed by atoms with van der Waals surface area (Å²) in [7, 11) is 0.915. The maximum absolute atomic E-state index is 13.1. The number of benzene rings is 1. The molecular weight excluding hydrogens is 332 g/mol. The van der Waals surface area contributed by atoms with Crippen LogP contribution in [0.15, 0.2) is 12.1 Å². The molecule has 22 heavy (non-hydrogen) atoms. The SMILES string of the molecule is CN(CC(F)(F)F)C(=O)CNC(=O)c1cc(F)cc(Cl)c1O. The Hall–Kier alpha value is -2.03. The van der Waals surface area contributed by atoms with Gasteiger partial charge in [-0.15, -0.1) is 0 Å². The van der Waals surface area contributed by atoms with Crippen molar-refractivity contribution in [3.05, 3.63) is 28.5 Å². The van der Waals surface area contributed by atoms with E-state index in [1.165, 1.54) is 0 Å². The summed E-state index contributed by atoms with van der Waals surface area (Å²) in [6.07, 6.45) is -4.57. The maximum Gasteiger partial charge on any atom is 0.406 e. The Balaban J connectivity index is 2.69. The Morgan fingerprint density at radius 1 is 1.36 bits per heavy atom. The Morgan fingerprint density at radius 2 is 1.95 bits per heavy atom. The molecule has 0 bridgehead atoms. The predicted octanol–water partition coefficient (Wildman–Crippen LogP) is 1.94. The zero-order chi connectivity index (χ0) is 17.1. The number of aromatic hydroxyl groups is 1. The fourth-order valence-corrected chi connectivity index (χ4v) is 1.69.